The van der Waals surface area contributed by atoms with E-state index >= 15 is 0 Å². The van der Waals surface area contributed by atoms with Crippen LogP contribution in [0.25, 0.3) is 0 Å². The van der Waals surface area contributed by atoms with Crippen LogP contribution in [0.5, 0.6) is 0 Å². The van der Waals surface area contributed by atoms with Gasteiger partial charge in [-0.05, 0) is 43.5 Å². The van der Waals surface area contributed by atoms with Crippen LogP contribution in [0.15, 0.2) is 30.5 Å². The predicted molar refractivity (Wildman–Crippen MR) is 92.5 cm³/mol. The largest absolute Gasteiger partial charge is 0.325 e. The maximum absolute atomic E-state index is 13.6. The zero-order valence-electron chi connectivity index (χ0n) is 14.9. The Hall–Kier alpha value is -2.77. The van der Waals surface area contributed by atoms with Crippen molar-refractivity contribution in [3.05, 3.63) is 53.4 Å². The Bertz CT molecular complexity index is 887. The Morgan fingerprint density at radius 2 is 1.85 bits per heavy atom. The molecule has 1 saturated heterocycles. The highest BCUT2D eigenvalue weighted by Crippen LogP contribution is 2.31. The van der Waals surface area contributed by atoms with Crippen molar-refractivity contribution < 1.29 is 18.4 Å². The molecule has 0 radical (unpaired) electrons. The lowest BCUT2D eigenvalue weighted by Gasteiger charge is -2.22. The zero-order valence-corrected chi connectivity index (χ0v) is 14.9. The monoisotopic (exact) mass is 374 g/mol. The van der Waals surface area contributed by atoms with Gasteiger partial charge >= 0.3 is 6.03 Å². The van der Waals surface area contributed by atoms with Gasteiger partial charge in [0.1, 0.15) is 17.2 Å². The summed E-state index contributed by atoms with van der Waals surface area (Å²) in [6.07, 6.45) is 6.37. The SMILES string of the molecule is CC1(c2cc(F)cc(F)c2)NC(=O)N(Cc2ccn(C3CCCC3)n2)C1=O. The third kappa shape index (κ3) is 3.09. The Morgan fingerprint density at radius 1 is 1.19 bits per heavy atom. The summed E-state index contributed by atoms with van der Waals surface area (Å²) in [6.45, 7) is 1.45. The van der Waals surface area contributed by atoms with Gasteiger partial charge in [0.25, 0.3) is 5.91 Å². The number of hydrogen-bond donors (Lipinski definition) is 1. The lowest BCUT2D eigenvalue weighted by Crippen LogP contribution is -2.41. The number of benzene rings is 1. The average molecular weight is 374 g/mol. The summed E-state index contributed by atoms with van der Waals surface area (Å²) in [5.41, 5.74) is -0.856. The van der Waals surface area contributed by atoms with Gasteiger partial charge in [-0.2, -0.15) is 5.10 Å². The summed E-state index contributed by atoms with van der Waals surface area (Å²) in [4.78, 5) is 26.3. The molecule has 1 aliphatic heterocycles. The molecule has 4 rings (SSSR count). The third-order valence-corrected chi connectivity index (χ3v) is 5.40. The van der Waals surface area contributed by atoms with Crippen LogP contribution >= 0.6 is 0 Å². The van der Waals surface area contributed by atoms with Gasteiger partial charge in [-0.15, -0.1) is 0 Å². The summed E-state index contributed by atoms with van der Waals surface area (Å²) < 4.78 is 29.1. The van der Waals surface area contributed by atoms with Gasteiger partial charge in [0.2, 0.25) is 0 Å². The molecule has 2 fully saturated rings. The van der Waals surface area contributed by atoms with E-state index in [1.807, 2.05) is 10.9 Å². The van der Waals surface area contributed by atoms with Crippen LogP contribution in [0.4, 0.5) is 13.6 Å². The molecule has 0 bridgehead atoms. The molecule has 6 nitrogen and oxygen atoms in total. The average Bonchev–Trinajstić information content (AvgIpc) is 3.32. The van der Waals surface area contributed by atoms with Crippen molar-refractivity contribution in [2.45, 2.75) is 50.7 Å². The van der Waals surface area contributed by atoms with Crippen molar-refractivity contribution in [2.24, 2.45) is 0 Å². The van der Waals surface area contributed by atoms with Crippen molar-refractivity contribution >= 4 is 11.9 Å². The molecular formula is C19H20F2N4O2. The molecule has 3 amide bonds. The van der Waals surface area contributed by atoms with Gasteiger partial charge in [0.05, 0.1) is 18.3 Å². The smallest absolute Gasteiger partial charge is 0.319 e. The second-order valence-corrected chi connectivity index (χ2v) is 7.33. The van der Waals surface area contributed by atoms with Crippen LogP contribution < -0.4 is 5.32 Å². The van der Waals surface area contributed by atoms with E-state index < -0.39 is 29.1 Å². The van der Waals surface area contributed by atoms with Crippen LogP contribution in [0.1, 0.15) is 49.9 Å². The molecule has 1 aromatic carbocycles. The van der Waals surface area contributed by atoms with E-state index in [1.54, 1.807) is 6.07 Å². The number of imide groups is 1. The molecule has 8 heteroatoms. The summed E-state index contributed by atoms with van der Waals surface area (Å²) in [6, 6.07) is 4.38. The molecule has 1 atom stereocenters. The van der Waals surface area contributed by atoms with Crippen LogP contribution in [-0.2, 0) is 16.9 Å². The fourth-order valence-corrected chi connectivity index (χ4v) is 3.87. The highest BCUT2D eigenvalue weighted by Gasteiger charge is 2.49. The van der Waals surface area contributed by atoms with Gasteiger partial charge in [-0.3, -0.25) is 14.4 Å². The quantitative estimate of drug-likeness (QED) is 0.836. The number of nitrogens with zero attached hydrogens (tertiary/aromatic N) is 3. The highest BCUT2D eigenvalue weighted by atomic mass is 19.1. The molecule has 2 aromatic rings. The minimum atomic E-state index is -1.52. The maximum Gasteiger partial charge on any atom is 0.325 e. The van der Waals surface area contributed by atoms with Gasteiger partial charge in [-0.25, -0.2) is 13.6 Å². The molecular weight excluding hydrogens is 354 g/mol. The number of rotatable bonds is 4. The molecule has 1 aliphatic carbocycles. The molecule has 1 aromatic heterocycles. The van der Waals surface area contributed by atoms with Crippen molar-refractivity contribution in [1.82, 2.24) is 20.0 Å². The van der Waals surface area contributed by atoms with Crippen LogP contribution in [0.2, 0.25) is 0 Å². The molecule has 1 unspecified atom stereocenters. The number of carbonyl (C=O) groups excluding carboxylic acids is 2. The van der Waals surface area contributed by atoms with Crippen molar-refractivity contribution in [1.29, 1.82) is 0 Å². The first-order valence-electron chi connectivity index (χ1n) is 9.01. The fourth-order valence-electron chi connectivity index (χ4n) is 3.87. The zero-order chi connectivity index (χ0) is 19.2. The van der Waals surface area contributed by atoms with Crippen molar-refractivity contribution in [3.8, 4) is 0 Å². The molecule has 1 saturated carbocycles. The fraction of sp³-hybridized carbons (Fsp3) is 0.421. The Kier molecular flexibility index (Phi) is 4.20. The summed E-state index contributed by atoms with van der Waals surface area (Å²) in [5, 5.41) is 7.05. The Labute approximate surface area is 155 Å². The molecule has 27 heavy (non-hydrogen) atoms. The minimum Gasteiger partial charge on any atom is -0.319 e. The normalized spacial score (nSPS) is 23.3. The van der Waals surface area contributed by atoms with E-state index in [-0.39, 0.29) is 12.1 Å². The number of aromatic nitrogens is 2. The maximum atomic E-state index is 13.6. The topological polar surface area (TPSA) is 67.2 Å². The van der Waals surface area contributed by atoms with Crippen molar-refractivity contribution in [2.75, 3.05) is 0 Å². The summed E-state index contributed by atoms with van der Waals surface area (Å²) in [7, 11) is 0. The first-order chi connectivity index (χ1) is 12.9. The van der Waals surface area contributed by atoms with E-state index in [9.17, 15) is 18.4 Å². The highest BCUT2D eigenvalue weighted by molar-refractivity contribution is 6.07. The molecule has 142 valence electrons. The molecule has 1 N–H and O–H groups in total. The van der Waals surface area contributed by atoms with Gasteiger partial charge in [-0.1, -0.05) is 12.8 Å². The minimum absolute atomic E-state index is 0.0117. The number of amides is 3. The summed E-state index contributed by atoms with van der Waals surface area (Å²) in [5.74, 6) is -2.17. The Morgan fingerprint density at radius 3 is 2.52 bits per heavy atom. The van der Waals surface area contributed by atoms with E-state index in [0.29, 0.717) is 11.7 Å². The third-order valence-electron chi connectivity index (χ3n) is 5.40. The van der Waals surface area contributed by atoms with E-state index in [1.165, 1.54) is 19.8 Å². The first kappa shape index (κ1) is 17.6. The van der Waals surface area contributed by atoms with E-state index in [4.69, 9.17) is 0 Å². The summed E-state index contributed by atoms with van der Waals surface area (Å²) >= 11 is 0. The van der Waals surface area contributed by atoms with Gasteiger partial charge in [0.15, 0.2) is 0 Å². The van der Waals surface area contributed by atoms with E-state index in [0.717, 1.165) is 35.9 Å². The van der Waals surface area contributed by atoms with Crippen LogP contribution in [-0.4, -0.2) is 26.6 Å². The second kappa shape index (κ2) is 6.44. The number of nitrogens with one attached hydrogen (secondary N) is 1. The predicted octanol–water partition coefficient (Wildman–Crippen LogP) is 3.24. The standard InChI is InChI=1S/C19H20F2N4O2/c1-19(12-8-13(20)10-14(21)9-12)17(26)24(18(27)22-19)11-15-6-7-25(23-15)16-4-2-3-5-16/h6-10,16H,2-5,11H2,1H3,(H,22,27). The lowest BCUT2D eigenvalue weighted by atomic mass is 9.92. The Balaban J connectivity index is 1.56. The lowest BCUT2D eigenvalue weighted by molar-refractivity contribution is -0.131. The number of urea groups is 1. The van der Waals surface area contributed by atoms with Gasteiger partial charge in [0, 0.05) is 12.3 Å². The number of halogens is 2. The second-order valence-electron chi connectivity index (χ2n) is 7.33. The molecule has 2 heterocycles. The number of carbonyl (C=O) groups is 2. The van der Waals surface area contributed by atoms with E-state index in [2.05, 4.69) is 10.4 Å². The molecule has 0 spiro atoms. The number of hydrogen-bond acceptors (Lipinski definition) is 3. The first-order valence-corrected chi connectivity index (χ1v) is 9.01. The van der Waals surface area contributed by atoms with Gasteiger partial charge < -0.3 is 5.32 Å². The molecule has 2 aliphatic rings. The van der Waals surface area contributed by atoms with Crippen LogP contribution in [0.3, 0.4) is 0 Å². The van der Waals surface area contributed by atoms with Crippen LogP contribution in [0, 0.1) is 11.6 Å². The van der Waals surface area contributed by atoms with Crippen molar-refractivity contribution in [3.63, 3.8) is 0 Å².